The lowest BCUT2D eigenvalue weighted by molar-refractivity contribution is -0.124. The van der Waals surface area contributed by atoms with E-state index in [1.807, 2.05) is 6.92 Å². The Hall–Kier alpha value is -2.38. The molecule has 0 aromatic heterocycles. The number of likely N-dealkylation sites (N-methyl/N-ethyl adjacent to an activating group) is 1. The first kappa shape index (κ1) is 19.4. The van der Waals surface area contributed by atoms with Crippen molar-refractivity contribution in [1.82, 2.24) is 4.90 Å². The van der Waals surface area contributed by atoms with E-state index in [-0.39, 0.29) is 24.0 Å². The smallest absolute Gasteiger partial charge is 0.249 e. The molecule has 0 aliphatic carbocycles. The summed E-state index contributed by atoms with van der Waals surface area (Å²) in [5, 5.41) is 0.549. The van der Waals surface area contributed by atoms with Gasteiger partial charge >= 0.3 is 0 Å². The predicted octanol–water partition coefficient (Wildman–Crippen LogP) is 2.97. The number of rotatable bonds is 5. The Kier molecular flexibility index (Phi) is 5.26. The van der Waals surface area contributed by atoms with Crippen molar-refractivity contribution in [2.24, 2.45) is 4.99 Å². The van der Waals surface area contributed by atoms with Gasteiger partial charge in [-0.3, -0.25) is 14.7 Å². The number of halogens is 1. The first-order valence-corrected chi connectivity index (χ1v) is 10.5. The molecule has 1 aliphatic heterocycles. The molecule has 8 heteroatoms. The standard InChI is InChI=1S/C19H19ClN2O4S/c1-12-7-17(26-11-18-21-10-19(23)22(18)2)15(9-16(12)20)13-5-4-6-14(8-13)27(3,24)25/h4-9H,10-11H2,1-3H3. The summed E-state index contributed by atoms with van der Waals surface area (Å²) in [4.78, 5) is 17.4. The fourth-order valence-corrected chi connectivity index (χ4v) is 3.52. The van der Waals surface area contributed by atoms with Crippen LogP contribution in [0.4, 0.5) is 0 Å². The molecule has 2 aromatic rings. The second-order valence-corrected chi connectivity index (χ2v) is 8.79. The molecule has 1 heterocycles. The van der Waals surface area contributed by atoms with Crippen LogP contribution in [0.2, 0.25) is 5.02 Å². The van der Waals surface area contributed by atoms with Gasteiger partial charge in [0, 0.05) is 23.9 Å². The lowest BCUT2D eigenvalue weighted by Crippen LogP contribution is -2.31. The van der Waals surface area contributed by atoms with E-state index in [1.54, 1.807) is 43.4 Å². The van der Waals surface area contributed by atoms with E-state index >= 15 is 0 Å². The number of amidine groups is 1. The molecule has 142 valence electrons. The van der Waals surface area contributed by atoms with E-state index in [0.29, 0.717) is 27.7 Å². The largest absolute Gasteiger partial charge is 0.485 e. The predicted molar refractivity (Wildman–Crippen MR) is 105 cm³/mol. The van der Waals surface area contributed by atoms with Crippen LogP contribution in [0.3, 0.4) is 0 Å². The number of ether oxygens (including phenoxy) is 1. The van der Waals surface area contributed by atoms with Crippen molar-refractivity contribution in [2.75, 3.05) is 26.5 Å². The lowest BCUT2D eigenvalue weighted by atomic mass is 10.0. The van der Waals surface area contributed by atoms with E-state index < -0.39 is 9.84 Å². The summed E-state index contributed by atoms with van der Waals surface area (Å²) in [7, 11) is -1.69. The highest BCUT2D eigenvalue weighted by atomic mass is 35.5. The maximum Gasteiger partial charge on any atom is 0.249 e. The zero-order valence-corrected chi connectivity index (χ0v) is 16.8. The van der Waals surface area contributed by atoms with Crippen molar-refractivity contribution < 1.29 is 17.9 Å². The number of carbonyl (C=O) groups is 1. The van der Waals surface area contributed by atoms with Crippen LogP contribution in [0.5, 0.6) is 5.75 Å². The van der Waals surface area contributed by atoms with Crippen LogP contribution in [0.1, 0.15) is 5.56 Å². The molecule has 0 fully saturated rings. The number of aliphatic imine (C=N–C) groups is 1. The second-order valence-electron chi connectivity index (χ2n) is 6.37. The van der Waals surface area contributed by atoms with Crippen LogP contribution in [-0.4, -0.2) is 51.5 Å². The van der Waals surface area contributed by atoms with E-state index in [9.17, 15) is 13.2 Å². The van der Waals surface area contributed by atoms with Crippen molar-refractivity contribution in [3.8, 4) is 16.9 Å². The Bertz CT molecular complexity index is 1050. The van der Waals surface area contributed by atoms with Crippen LogP contribution in [0.15, 0.2) is 46.3 Å². The molecule has 1 amide bonds. The van der Waals surface area contributed by atoms with Gasteiger partial charge in [0.15, 0.2) is 9.84 Å². The maximum atomic E-state index is 11.9. The molecule has 0 radical (unpaired) electrons. The minimum absolute atomic E-state index is 0.0815. The monoisotopic (exact) mass is 406 g/mol. The van der Waals surface area contributed by atoms with Gasteiger partial charge in [-0.2, -0.15) is 0 Å². The van der Waals surface area contributed by atoms with Crippen LogP contribution in [-0.2, 0) is 14.6 Å². The molecule has 2 aromatic carbocycles. The molecule has 0 atom stereocenters. The van der Waals surface area contributed by atoms with Gasteiger partial charge in [0.1, 0.15) is 24.7 Å². The second kappa shape index (κ2) is 7.32. The normalized spacial score (nSPS) is 14.4. The molecule has 1 aliphatic rings. The molecule has 6 nitrogen and oxygen atoms in total. The Labute approximate surface area is 163 Å². The van der Waals surface area contributed by atoms with Crippen molar-refractivity contribution in [2.45, 2.75) is 11.8 Å². The minimum Gasteiger partial charge on any atom is -0.485 e. The lowest BCUT2D eigenvalue weighted by Gasteiger charge is -2.17. The summed E-state index contributed by atoms with van der Waals surface area (Å²) < 4.78 is 29.7. The maximum absolute atomic E-state index is 11.9. The van der Waals surface area contributed by atoms with Gasteiger partial charge in [-0.05, 0) is 42.3 Å². The number of hydrogen-bond acceptors (Lipinski definition) is 5. The molecule has 0 unspecified atom stereocenters. The molecule has 3 rings (SSSR count). The number of amides is 1. The topological polar surface area (TPSA) is 76.0 Å². The summed E-state index contributed by atoms with van der Waals surface area (Å²) in [5.74, 6) is 1.00. The van der Waals surface area contributed by atoms with Crippen LogP contribution >= 0.6 is 11.6 Å². The highest BCUT2D eigenvalue weighted by Crippen LogP contribution is 2.35. The van der Waals surface area contributed by atoms with E-state index in [1.165, 1.54) is 4.90 Å². The van der Waals surface area contributed by atoms with Crippen LogP contribution in [0.25, 0.3) is 11.1 Å². The Morgan fingerprint density at radius 1 is 1.26 bits per heavy atom. The summed E-state index contributed by atoms with van der Waals surface area (Å²) in [6.45, 7) is 2.11. The first-order valence-electron chi connectivity index (χ1n) is 8.20. The van der Waals surface area contributed by atoms with Gasteiger partial charge in [0.2, 0.25) is 5.91 Å². The van der Waals surface area contributed by atoms with E-state index in [4.69, 9.17) is 16.3 Å². The minimum atomic E-state index is -3.34. The van der Waals surface area contributed by atoms with Crippen molar-refractivity contribution in [3.05, 3.63) is 47.0 Å². The van der Waals surface area contributed by atoms with Crippen molar-refractivity contribution in [1.29, 1.82) is 0 Å². The third kappa shape index (κ3) is 4.14. The molecular formula is C19H19ClN2O4S. The van der Waals surface area contributed by atoms with Gasteiger partial charge in [0.25, 0.3) is 0 Å². The summed E-state index contributed by atoms with van der Waals surface area (Å²) in [5.41, 5.74) is 2.17. The van der Waals surface area contributed by atoms with Gasteiger partial charge < -0.3 is 4.74 Å². The number of benzene rings is 2. The van der Waals surface area contributed by atoms with Crippen LogP contribution < -0.4 is 4.74 Å². The van der Waals surface area contributed by atoms with E-state index in [2.05, 4.69) is 4.99 Å². The van der Waals surface area contributed by atoms with Gasteiger partial charge in [-0.15, -0.1) is 0 Å². The molecule has 0 spiro atoms. The van der Waals surface area contributed by atoms with Crippen molar-refractivity contribution in [3.63, 3.8) is 0 Å². The number of nitrogens with zero attached hydrogens (tertiary/aromatic N) is 2. The number of aryl methyl sites for hydroxylation is 1. The van der Waals surface area contributed by atoms with Gasteiger partial charge in [0.05, 0.1) is 4.90 Å². The van der Waals surface area contributed by atoms with Gasteiger partial charge in [-0.25, -0.2) is 8.42 Å². The highest BCUT2D eigenvalue weighted by molar-refractivity contribution is 7.90. The zero-order valence-electron chi connectivity index (χ0n) is 15.2. The third-order valence-corrected chi connectivity index (χ3v) is 5.87. The molecule has 27 heavy (non-hydrogen) atoms. The number of hydrogen-bond donors (Lipinski definition) is 0. The summed E-state index contributed by atoms with van der Waals surface area (Å²) in [6, 6.07) is 10.2. The molecule has 0 saturated carbocycles. The van der Waals surface area contributed by atoms with E-state index in [0.717, 1.165) is 11.8 Å². The average Bonchev–Trinajstić information content (AvgIpc) is 2.93. The SMILES string of the molecule is Cc1cc(OCC2=NCC(=O)N2C)c(-c2cccc(S(C)(=O)=O)c2)cc1Cl. The fourth-order valence-electron chi connectivity index (χ4n) is 2.69. The van der Waals surface area contributed by atoms with Crippen LogP contribution in [0, 0.1) is 6.92 Å². The number of carbonyl (C=O) groups excluding carboxylic acids is 1. The molecule has 0 bridgehead atoms. The molecule has 0 N–H and O–H groups in total. The number of sulfone groups is 1. The third-order valence-electron chi connectivity index (χ3n) is 4.35. The summed E-state index contributed by atoms with van der Waals surface area (Å²) in [6.07, 6.45) is 1.16. The van der Waals surface area contributed by atoms with Gasteiger partial charge in [-0.1, -0.05) is 23.7 Å². The average molecular weight is 407 g/mol. The Balaban J connectivity index is 1.98. The Morgan fingerprint density at radius 3 is 2.63 bits per heavy atom. The quantitative estimate of drug-likeness (QED) is 0.764. The Morgan fingerprint density at radius 2 is 2.00 bits per heavy atom. The zero-order chi connectivity index (χ0) is 19.8. The van der Waals surface area contributed by atoms with Crippen molar-refractivity contribution >= 4 is 33.2 Å². The highest BCUT2D eigenvalue weighted by Gasteiger charge is 2.22. The fraction of sp³-hybridized carbons (Fsp3) is 0.263. The molecular weight excluding hydrogens is 388 g/mol. The summed E-state index contributed by atoms with van der Waals surface area (Å²) >= 11 is 6.28. The molecule has 0 saturated heterocycles. The first-order chi connectivity index (χ1) is 12.7.